The minimum absolute atomic E-state index is 0.0275. The number of rotatable bonds is 5. The largest absolute Gasteiger partial charge is 0.466 e. The average Bonchev–Trinajstić information content (AvgIpc) is 2.29. The molecule has 0 saturated heterocycles. The zero-order valence-corrected chi connectivity index (χ0v) is 11.7. The summed E-state index contributed by atoms with van der Waals surface area (Å²) in [5.41, 5.74) is 0.476. The number of benzene rings is 1. The Kier molecular flexibility index (Phi) is 5.81. The van der Waals surface area contributed by atoms with Crippen LogP contribution in [0.15, 0.2) is 16.6 Å². The Morgan fingerprint density at radius 2 is 2.17 bits per heavy atom. The summed E-state index contributed by atoms with van der Waals surface area (Å²) in [5.74, 6) is -0.517. The molecule has 0 radical (unpaired) electrons. The van der Waals surface area contributed by atoms with Crippen LogP contribution in [0.5, 0.6) is 5.75 Å². The fraction of sp³-hybridized carbons (Fsp3) is 0.364. The Hall–Kier alpha value is -0.880. The van der Waals surface area contributed by atoms with Gasteiger partial charge < -0.3 is 9.47 Å². The summed E-state index contributed by atoms with van der Waals surface area (Å²) >= 11 is 8.99. The minimum atomic E-state index is -2.94. The lowest BCUT2D eigenvalue weighted by Crippen LogP contribution is -2.08. The van der Waals surface area contributed by atoms with Crippen LogP contribution in [0.25, 0.3) is 0 Å². The van der Waals surface area contributed by atoms with E-state index in [-0.39, 0.29) is 28.3 Å². The number of hydrogen-bond donors (Lipinski definition) is 0. The lowest BCUT2D eigenvalue weighted by Gasteiger charge is -2.11. The molecule has 0 fully saturated rings. The topological polar surface area (TPSA) is 35.5 Å². The zero-order valence-electron chi connectivity index (χ0n) is 9.38. The number of esters is 1. The molecule has 1 aromatic rings. The van der Waals surface area contributed by atoms with Crippen LogP contribution >= 0.6 is 27.5 Å². The maximum atomic E-state index is 12.1. The highest BCUT2D eigenvalue weighted by molar-refractivity contribution is 9.10. The molecule has 0 heterocycles. The van der Waals surface area contributed by atoms with Crippen molar-refractivity contribution in [1.82, 2.24) is 0 Å². The number of ether oxygens (including phenoxy) is 2. The monoisotopic (exact) mass is 342 g/mol. The van der Waals surface area contributed by atoms with Crippen molar-refractivity contribution in [3.63, 3.8) is 0 Å². The molecule has 0 aliphatic carbocycles. The van der Waals surface area contributed by atoms with E-state index in [4.69, 9.17) is 16.3 Å². The number of halogens is 4. The van der Waals surface area contributed by atoms with Gasteiger partial charge in [0.2, 0.25) is 0 Å². The first-order valence-electron chi connectivity index (χ1n) is 5.03. The summed E-state index contributed by atoms with van der Waals surface area (Å²) in [4.78, 5) is 11.3. The van der Waals surface area contributed by atoms with Crippen LogP contribution in [0, 0.1) is 0 Å². The fourth-order valence-electron chi connectivity index (χ4n) is 1.26. The Morgan fingerprint density at radius 1 is 1.50 bits per heavy atom. The van der Waals surface area contributed by atoms with Gasteiger partial charge in [-0.3, -0.25) is 4.79 Å². The first-order valence-corrected chi connectivity index (χ1v) is 6.20. The van der Waals surface area contributed by atoms with Crippen molar-refractivity contribution < 1.29 is 23.0 Å². The lowest BCUT2D eigenvalue weighted by molar-refractivity contribution is -0.142. The number of carbonyl (C=O) groups excluding carboxylic acids is 1. The van der Waals surface area contributed by atoms with E-state index in [1.807, 2.05) is 0 Å². The van der Waals surface area contributed by atoms with Gasteiger partial charge in [0.05, 0.1) is 22.5 Å². The predicted molar refractivity (Wildman–Crippen MR) is 66.1 cm³/mol. The molecule has 100 valence electrons. The molecule has 18 heavy (non-hydrogen) atoms. The van der Waals surface area contributed by atoms with Crippen molar-refractivity contribution in [3.8, 4) is 5.75 Å². The van der Waals surface area contributed by atoms with Crippen molar-refractivity contribution in [2.75, 3.05) is 6.61 Å². The SMILES string of the molecule is CCOC(=O)Cc1ccc(OC(F)F)c(Br)c1Cl. The van der Waals surface area contributed by atoms with Gasteiger partial charge in [0, 0.05) is 0 Å². The Balaban J connectivity index is 2.90. The van der Waals surface area contributed by atoms with Crippen LogP contribution in [0.4, 0.5) is 8.78 Å². The predicted octanol–water partition coefficient (Wildman–Crippen LogP) is 3.81. The second-order valence-electron chi connectivity index (χ2n) is 3.21. The van der Waals surface area contributed by atoms with Gasteiger partial charge in [0.15, 0.2) is 0 Å². The van der Waals surface area contributed by atoms with E-state index in [1.165, 1.54) is 12.1 Å². The van der Waals surface area contributed by atoms with Crippen LogP contribution in [0.1, 0.15) is 12.5 Å². The fourth-order valence-corrected chi connectivity index (χ4v) is 1.97. The van der Waals surface area contributed by atoms with Crippen LogP contribution in [-0.2, 0) is 16.0 Å². The highest BCUT2D eigenvalue weighted by Crippen LogP contribution is 2.36. The van der Waals surface area contributed by atoms with Gasteiger partial charge in [-0.15, -0.1) is 0 Å². The summed E-state index contributed by atoms with van der Waals surface area (Å²) < 4.78 is 33.4. The van der Waals surface area contributed by atoms with E-state index >= 15 is 0 Å². The van der Waals surface area contributed by atoms with Crippen molar-refractivity contribution in [3.05, 3.63) is 27.2 Å². The molecule has 3 nitrogen and oxygen atoms in total. The van der Waals surface area contributed by atoms with Crippen LogP contribution < -0.4 is 4.74 Å². The quantitative estimate of drug-likeness (QED) is 0.763. The standard InChI is InChI=1S/C11H10BrClF2O3/c1-2-17-8(16)5-6-3-4-7(18-11(14)15)9(12)10(6)13/h3-4,11H,2,5H2,1H3. The maximum Gasteiger partial charge on any atom is 0.387 e. The van der Waals surface area contributed by atoms with Gasteiger partial charge in [-0.2, -0.15) is 8.78 Å². The molecule has 0 saturated carbocycles. The third-order valence-corrected chi connectivity index (χ3v) is 3.43. The molecule has 7 heteroatoms. The Bertz CT molecular complexity index is 441. The van der Waals surface area contributed by atoms with E-state index in [1.54, 1.807) is 6.92 Å². The van der Waals surface area contributed by atoms with Gasteiger partial charge in [-0.05, 0) is 34.5 Å². The number of hydrogen-bond acceptors (Lipinski definition) is 3. The van der Waals surface area contributed by atoms with Crippen molar-refractivity contribution in [2.24, 2.45) is 0 Å². The smallest absolute Gasteiger partial charge is 0.387 e. The second kappa shape index (κ2) is 6.89. The van der Waals surface area contributed by atoms with Gasteiger partial charge in [0.25, 0.3) is 0 Å². The summed E-state index contributed by atoms with van der Waals surface area (Å²) in [6.07, 6.45) is -0.0275. The maximum absolute atomic E-state index is 12.1. The Labute approximate surface area is 116 Å². The lowest BCUT2D eigenvalue weighted by atomic mass is 10.1. The molecular formula is C11H10BrClF2O3. The summed E-state index contributed by atoms with van der Waals surface area (Å²) in [6, 6.07) is 2.76. The molecule has 1 rings (SSSR count). The van der Waals surface area contributed by atoms with Gasteiger partial charge in [-0.1, -0.05) is 17.7 Å². The van der Waals surface area contributed by atoms with Gasteiger partial charge in [-0.25, -0.2) is 0 Å². The van der Waals surface area contributed by atoms with Crippen molar-refractivity contribution in [2.45, 2.75) is 20.0 Å². The normalized spacial score (nSPS) is 10.6. The average molecular weight is 344 g/mol. The number of carbonyl (C=O) groups is 1. The van der Waals surface area contributed by atoms with Crippen molar-refractivity contribution >= 4 is 33.5 Å². The molecule has 0 bridgehead atoms. The molecular weight excluding hydrogens is 333 g/mol. The summed E-state index contributed by atoms with van der Waals surface area (Å²) in [6.45, 7) is -0.979. The Morgan fingerprint density at radius 3 is 2.72 bits per heavy atom. The third kappa shape index (κ3) is 4.10. The molecule has 1 aromatic carbocycles. The second-order valence-corrected chi connectivity index (χ2v) is 4.38. The molecule has 0 amide bonds. The molecule has 0 N–H and O–H groups in total. The molecule has 0 unspecified atom stereocenters. The highest BCUT2D eigenvalue weighted by atomic mass is 79.9. The van der Waals surface area contributed by atoms with E-state index in [0.29, 0.717) is 5.56 Å². The van der Waals surface area contributed by atoms with E-state index in [9.17, 15) is 13.6 Å². The number of alkyl halides is 2. The third-order valence-electron chi connectivity index (χ3n) is 1.98. The summed E-state index contributed by atoms with van der Waals surface area (Å²) in [5, 5.41) is 0.154. The van der Waals surface area contributed by atoms with Gasteiger partial charge in [0.1, 0.15) is 5.75 Å². The molecule has 0 aliphatic rings. The first kappa shape index (κ1) is 15.2. The van der Waals surface area contributed by atoms with Gasteiger partial charge >= 0.3 is 12.6 Å². The molecule has 0 spiro atoms. The first-order chi connectivity index (χ1) is 8.45. The van der Waals surface area contributed by atoms with Crippen LogP contribution in [-0.4, -0.2) is 19.2 Å². The summed E-state index contributed by atoms with van der Waals surface area (Å²) in [7, 11) is 0. The van der Waals surface area contributed by atoms with E-state index in [2.05, 4.69) is 20.7 Å². The molecule has 0 atom stereocenters. The minimum Gasteiger partial charge on any atom is -0.466 e. The van der Waals surface area contributed by atoms with E-state index < -0.39 is 12.6 Å². The highest BCUT2D eigenvalue weighted by Gasteiger charge is 2.16. The van der Waals surface area contributed by atoms with Crippen molar-refractivity contribution in [1.29, 1.82) is 0 Å². The van der Waals surface area contributed by atoms with Crippen LogP contribution in [0.2, 0.25) is 5.02 Å². The molecule has 0 aromatic heterocycles. The zero-order chi connectivity index (χ0) is 13.7. The van der Waals surface area contributed by atoms with Crippen LogP contribution in [0.3, 0.4) is 0 Å². The van der Waals surface area contributed by atoms with E-state index in [0.717, 1.165) is 0 Å². The molecule has 0 aliphatic heterocycles.